The van der Waals surface area contributed by atoms with Crippen molar-refractivity contribution in [3.63, 3.8) is 0 Å². The normalized spacial score (nSPS) is 14.8. The lowest BCUT2D eigenvalue weighted by molar-refractivity contribution is -0.127. The third-order valence-electron chi connectivity index (χ3n) is 3.67. The molecule has 24 heavy (non-hydrogen) atoms. The minimum atomic E-state index is -0.609. The van der Waals surface area contributed by atoms with Crippen LogP contribution in [0.3, 0.4) is 0 Å². The number of carbonyl (C=O) groups excluding carboxylic acids is 2. The first-order valence-corrected chi connectivity index (χ1v) is 8.47. The van der Waals surface area contributed by atoms with Crippen molar-refractivity contribution in [1.29, 1.82) is 0 Å². The van der Waals surface area contributed by atoms with Crippen molar-refractivity contribution >= 4 is 28.3 Å². The number of amides is 2. The number of nitrogens with one attached hydrogen (secondary N) is 2. The van der Waals surface area contributed by atoms with Gasteiger partial charge < -0.3 is 10.1 Å². The summed E-state index contributed by atoms with van der Waals surface area (Å²) in [6.45, 7) is 1.65. The molecule has 0 bridgehead atoms. The number of rotatable bonds is 6. The summed E-state index contributed by atoms with van der Waals surface area (Å²) in [5.74, 6) is 0.426. The van der Waals surface area contributed by atoms with Crippen molar-refractivity contribution in [3.05, 3.63) is 24.3 Å². The molecule has 1 aliphatic carbocycles. The third kappa shape index (κ3) is 3.88. The van der Waals surface area contributed by atoms with Crippen molar-refractivity contribution in [2.24, 2.45) is 5.92 Å². The molecule has 0 unspecified atom stereocenters. The van der Waals surface area contributed by atoms with Gasteiger partial charge in [-0.25, -0.2) is 0 Å². The summed E-state index contributed by atoms with van der Waals surface area (Å²) in [7, 11) is 1.60. The number of hydrogen-bond donors (Lipinski definition) is 2. The van der Waals surface area contributed by atoms with Gasteiger partial charge in [-0.2, -0.15) is 0 Å². The molecule has 1 fully saturated rings. The lowest BCUT2D eigenvalue weighted by Crippen LogP contribution is -2.42. The minimum Gasteiger partial charge on any atom is -0.497 e. The van der Waals surface area contributed by atoms with Gasteiger partial charge in [0.25, 0.3) is 0 Å². The second kappa shape index (κ2) is 6.96. The number of carbonyl (C=O) groups is 2. The Morgan fingerprint density at radius 3 is 2.83 bits per heavy atom. The average molecular weight is 346 g/mol. The Labute approximate surface area is 143 Å². The molecular weight excluding hydrogens is 328 g/mol. The van der Waals surface area contributed by atoms with Gasteiger partial charge in [-0.1, -0.05) is 23.5 Å². The largest absolute Gasteiger partial charge is 0.497 e. The number of benzene rings is 1. The maximum atomic E-state index is 12.1. The van der Waals surface area contributed by atoms with Crippen LogP contribution in [0.4, 0.5) is 5.13 Å². The predicted molar refractivity (Wildman–Crippen MR) is 90.9 cm³/mol. The van der Waals surface area contributed by atoms with E-state index in [9.17, 15) is 9.59 Å². The highest BCUT2D eigenvalue weighted by Gasteiger charge is 2.31. The lowest BCUT2D eigenvalue weighted by atomic mass is 10.2. The van der Waals surface area contributed by atoms with E-state index in [0.29, 0.717) is 10.1 Å². The SMILES string of the molecule is COc1cccc(-c2nnc(NC(=O)[C@@H](C)NC(=O)C3CC3)s2)c1. The summed E-state index contributed by atoms with van der Waals surface area (Å²) in [5.41, 5.74) is 0.863. The fourth-order valence-electron chi connectivity index (χ4n) is 2.10. The van der Waals surface area contributed by atoms with Crippen LogP contribution in [0.5, 0.6) is 5.75 Å². The van der Waals surface area contributed by atoms with Crippen LogP contribution in [-0.4, -0.2) is 35.2 Å². The number of ether oxygens (including phenoxy) is 1. The Balaban J connectivity index is 1.62. The Hall–Kier alpha value is -2.48. The summed E-state index contributed by atoms with van der Waals surface area (Å²) in [6, 6.07) is 6.85. The molecule has 1 heterocycles. The zero-order valence-corrected chi connectivity index (χ0v) is 14.2. The van der Waals surface area contributed by atoms with E-state index in [1.807, 2.05) is 24.3 Å². The topological polar surface area (TPSA) is 93.2 Å². The summed E-state index contributed by atoms with van der Waals surface area (Å²) in [5, 5.41) is 14.5. The molecule has 1 aromatic carbocycles. The zero-order valence-electron chi connectivity index (χ0n) is 13.4. The Bertz CT molecular complexity index is 757. The third-order valence-corrected chi connectivity index (χ3v) is 4.56. The molecule has 1 aromatic heterocycles. The predicted octanol–water partition coefficient (Wildman–Crippen LogP) is 2.07. The van der Waals surface area contributed by atoms with Crippen molar-refractivity contribution in [2.75, 3.05) is 12.4 Å². The Morgan fingerprint density at radius 1 is 1.33 bits per heavy atom. The van der Waals surface area contributed by atoms with E-state index in [1.165, 1.54) is 11.3 Å². The van der Waals surface area contributed by atoms with Crippen LogP contribution in [0.25, 0.3) is 10.6 Å². The Kier molecular flexibility index (Phi) is 4.75. The summed E-state index contributed by atoms with van der Waals surface area (Å²) < 4.78 is 5.19. The summed E-state index contributed by atoms with van der Waals surface area (Å²) >= 11 is 1.27. The fourth-order valence-corrected chi connectivity index (χ4v) is 2.85. The van der Waals surface area contributed by atoms with E-state index in [0.717, 1.165) is 24.2 Å². The van der Waals surface area contributed by atoms with Crippen molar-refractivity contribution in [2.45, 2.75) is 25.8 Å². The van der Waals surface area contributed by atoms with Crippen molar-refractivity contribution in [1.82, 2.24) is 15.5 Å². The number of anilines is 1. The number of hydrogen-bond acceptors (Lipinski definition) is 6. The van der Waals surface area contributed by atoms with Gasteiger partial charge in [-0.05, 0) is 31.9 Å². The molecular formula is C16H18N4O3S. The van der Waals surface area contributed by atoms with Crippen LogP contribution < -0.4 is 15.4 Å². The highest BCUT2D eigenvalue weighted by Crippen LogP contribution is 2.30. The molecule has 1 aliphatic rings. The van der Waals surface area contributed by atoms with Gasteiger partial charge >= 0.3 is 0 Å². The van der Waals surface area contributed by atoms with Gasteiger partial charge in [0, 0.05) is 11.5 Å². The molecule has 126 valence electrons. The van der Waals surface area contributed by atoms with Crippen molar-refractivity contribution in [3.8, 4) is 16.3 Å². The minimum absolute atomic E-state index is 0.0630. The molecule has 2 amide bonds. The van der Waals surface area contributed by atoms with E-state index in [2.05, 4.69) is 20.8 Å². The average Bonchev–Trinajstić information content (AvgIpc) is 3.34. The number of methoxy groups -OCH3 is 1. The molecule has 7 nitrogen and oxygen atoms in total. The van der Waals surface area contributed by atoms with Crippen molar-refractivity contribution < 1.29 is 14.3 Å². The molecule has 0 radical (unpaired) electrons. The van der Waals surface area contributed by atoms with Gasteiger partial charge in [-0.15, -0.1) is 10.2 Å². The summed E-state index contributed by atoms with van der Waals surface area (Å²) in [6.07, 6.45) is 1.81. The lowest BCUT2D eigenvalue weighted by Gasteiger charge is -2.12. The highest BCUT2D eigenvalue weighted by molar-refractivity contribution is 7.18. The van der Waals surface area contributed by atoms with Crippen LogP contribution in [-0.2, 0) is 9.59 Å². The van der Waals surface area contributed by atoms with Gasteiger partial charge in [0.2, 0.25) is 16.9 Å². The molecule has 1 saturated carbocycles. The maximum Gasteiger partial charge on any atom is 0.248 e. The van der Waals surface area contributed by atoms with Gasteiger partial charge in [0.1, 0.15) is 16.8 Å². The Morgan fingerprint density at radius 2 is 2.12 bits per heavy atom. The van der Waals surface area contributed by atoms with E-state index in [4.69, 9.17) is 4.74 Å². The second-order valence-electron chi connectivity index (χ2n) is 5.64. The van der Waals surface area contributed by atoms with Crippen LogP contribution in [0, 0.1) is 5.92 Å². The van der Waals surface area contributed by atoms with Crippen LogP contribution in [0.15, 0.2) is 24.3 Å². The monoisotopic (exact) mass is 346 g/mol. The first-order valence-electron chi connectivity index (χ1n) is 7.66. The molecule has 1 atom stereocenters. The van der Waals surface area contributed by atoms with Gasteiger partial charge in [-0.3, -0.25) is 14.9 Å². The van der Waals surface area contributed by atoms with E-state index >= 15 is 0 Å². The fraction of sp³-hybridized carbons (Fsp3) is 0.375. The molecule has 0 aliphatic heterocycles. The quantitative estimate of drug-likeness (QED) is 0.835. The van der Waals surface area contributed by atoms with Crippen LogP contribution in [0.2, 0.25) is 0 Å². The summed E-state index contributed by atoms with van der Waals surface area (Å²) in [4.78, 5) is 23.8. The molecule has 0 spiro atoms. The molecule has 2 aromatic rings. The molecule has 2 N–H and O–H groups in total. The number of nitrogens with zero attached hydrogens (tertiary/aromatic N) is 2. The maximum absolute atomic E-state index is 12.1. The van der Waals surface area contributed by atoms with E-state index < -0.39 is 6.04 Å². The number of aromatic nitrogens is 2. The second-order valence-corrected chi connectivity index (χ2v) is 6.62. The van der Waals surface area contributed by atoms with Crippen LogP contribution >= 0.6 is 11.3 Å². The van der Waals surface area contributed by atoms with E-state index in [1.54, 1.807) is 14.0 Å². The van der Waals surface area contributed by atoms with E-state index in [-0.39, 0.29) is 17.7 Å². The van der Waals surface area contributed by atoms with Crippen LogP contribution in [0.1, 0.15) is 19.8 Å². The molecule has 8 heteroatoms. The van der Waals surface area contributed by atoms with Gasteiger partial charge in [0.15, 0.2) is 0 Å². The first kappa shape index (κ1) is 16.4. The van der Waals surface area contributed by atoms with Gasteiger partial charge in [0.05, 0.1) is 7.11 Å². The molecule has 3 rings (SSSR count). The smallest absolute Gasteiger partial charge is 0.248 e. The standard InChI is InChI=1S/C16H18N4O3S/c1-9(17-14(22)10-6-7-10)13(21)18-16-20-19-15(24-16)11-4-3-5-12(8-11)23-2/h3-5,8-10H,6-7H2,1-2H3,(H,17,22)(H,18,20,21)/t9-/m1/s1. The highest BCUT2D eigenvalue weighted by atomic mass is 32.1. The molecule has 0 saturated heterocycles. The first-order chi connectivity index (χ1) is 11.6. The zero-order chi connectivity index (χ0) is 17.1.